The fraction of sp³-hybridized carbons (Fsp3) is 0.556. The maximum absolute atomic E-state index is 11.8. The maximum Gasteiger partial charge on any atom is 0.232 e. The van der Waals surface area contributed by atoms with Gasteiger partial charge in [0.25, 0.3) is 0 Å². The van der Waals surface area contributed by atoms with Gasteiger partial charge in [-0.15, -0.1) is 11.8 Å². The Hall–Kier alpha value is -1.89. The van der Waals surface area contributed by atoms with Gasteiger partial charge in [0.15, 0.2) is 11.5 Å². The van der Waals surface area contributed by atoms with Gasteiger partial charge >= 0.3 is 0 Å². The van der Waals surface area contributed by atoms with E-state index in [9.17, 15) is 9.59 Å². The van der Waals surface area contributed by atoms with Crippen LogP contribution in [-0.4, -0.2) is 62.1 Å². The molecule has 1 aromatic rings. The van der Waals surface area contributed by atoms with Crippen molar-refractivity contribution < 1.29 is 19.1 Å². The summed E-state index contributed by atoms with van der Waals surface area (Å²) in [6.07, 6.45) is 0.704. The lowest BCUT2D eigenvalue weighted by Crippen LogP contribution is -2.33. The van der Waals surface area contributed by atoms with Crippen molar-refractivity contribution >= 4 is 23.6 Å². The van der Waals surface area contributed by atoms with E-state index >= 15 is 0 Å². The summed E-state index contributed by atoms with van der Waals surface area (Å²) >= 11 is 1.35. The predicted octanol–water partition coefficient (Wildman–Crippen LogP) is 1.96. The molecule has 0 saturated heterocycles. The number of thioether (sulfide) groups is 1. The molecule has 0 atom stereocenters. The second-order valence-corrected chi connectivity index (χ2v) is 6.33. The molecule has 0 saturated carbocycles. The second kappa shape index (κ2) is 11.6. The summed E-state index contributed by atoms with van der Waals surface area (Å²) < 4.78 is 10.5. The van der Waals surface area contributed by atoms with Crippen LogP contribution in [0.1, 0.15) is 19.4 Å². The van der Waals surface area contributed by atoms with E-state index in [0.717, 1.165) is 5.56 Å². The lowest BCUT2D eigenvalue weighted by Gasteiger charge is -2.18. The number of nitrogens with zero attached hydrogens (tertiary/aromatic N) is 1. The molecular weight excluding hydrogens is 340 g/mol. The molecule has 0 fully saturated rings. The zero-order valence-corrected chi connectivity index (χ0v) is 16.3. The molecule has 140 valence electrons. The zero-order chi connectivity index (χ0) is 18.7. The van der Waals surface area contributed by atoms with E-state index < -0.39 is 0 Å². The van der Waals surface area contributed by atoms with Crippen LogP contribution in [0.4, 0.5) is 0 Å². The van der Waals surface area contributed by atoms with Crippen LogP contribution in [0.5, 0.6) is 11.5 Å². The quantitative estimate of drug-likeness (QED) is 0.647. The molecule has 0 aliphatic rings. The van der Waals surface area contributed by atoms with Crippen LogP contribution in [0.15, 0.2) is 18.2 Å². The summed E-state index contributed by atoms with van der Waals surface area (Å²) in [6.45, 7) is 5.85. The van der Waals surface area contributed by atoms with Gasteiger partial charge in [0, 0.05) is 19.6 Å². The Morgan fingerprint density at radius 3 is 2.36 bits per heavy atom. The molecule has 7 heteroatoms. The Morgan fingerprint density at radius 1 is 1.08 bits per heavy atom. The highest BCUT2D eigenvalue weighted by Crippen LogP contribution is 2.27. The number of hydrogen-bond acceptors (Lipinski definition) is 5. The highest BCUT2D eigenvalue weighted by atomic mass is 32.2. The number of carbonyl (C=O) groups excluding carboxylic acids is 2. The van der Waals surface area contributed by atoms with Crippen molar-refractivity contribution in [3.8, 4) is 11.5 Å². The molecular formula is C18H28N2O4S. The third-order valence-electron chi connectivity index (χ3n) is 3.76. The first-order valence-corrected chi connectivity index (χ1v) is 9.54. The number of carbonyl (C=O) groups is 2. The molecule has 0 bridgehead atoms. The lowest BCUT2D eigenvalue weighted by molar-refractivity contribution is -0.127. The van der Waals surface area contributed by atoms with Crippen molar-refractivity contribution in [2.45, 2.75) is 20.3 Å². The standard InChI is InChI=1S/C18H28N2O4S/c1-5-20(6-2)18(22)13-25-12-17(21)19-10-9-14-7-8-15(23-3)16(11-14)24-4/h7-8,11H,5-6,9-10,12-13H2,1-4H3,(H,19,21). The van der Waals surface area contributed by atoms with Gasteiger partial charge in [0.2, 0.25) is 11.8 Å². The predicted molar refractivity (Wildman–Crippen MR) is 102 cm³/mol. The van der Waals surface area contributed by atoms with Crippen LogP contribution >= 0.6 is 11.8 Å². The molecule has 0 aliphatic heterocycles. The second-order valence-electron chi connectivity index (χ2n) is 5.35. The first-order valence-electron chi connectivity index (χ1n) is 8.38. The van der Waals surface area contributed by atoms with Gasteiger partial charge in [-0.2, -0.15) is 0 Å². The number of hydrogen-bond donors (Lipinski definition) is 1. The smallest absolute Gasteiger partial charge is 0.232 e. The molecule has 1 rings (SSSR count). The molecule has 25 heavy (non-hydrogen) atoms. The van der Waals surface area contributed by atoms with Gasteiger partial charge in [-0.05, 0) is 38.0 Å². The number of methoxy groups -OCH3 is 2. The van der Waals surface area contributed by atoms with E-state index in [0.29, 0.717) is 49.1 Å². The number of ether oxygens (including phenoxy) is 2. The zero-order valence-electron chi connectivity index (χ0n) is 15.5. The first kappa shape index (κ1) is 21.2. The molecule has 0 aromatic heterocycles. The van der Waals surface area contributed by atoms with E-state index in [2.05, 4.69) is 5.32 Å². The Labute approximate surface area is 154 Å². The van der Waals surface area contributed by atoms with Gasteiger partial charge < -0.3 is 19.7 Å². The Balaban J connectivity index is 2.30. The number of rotatable bonds is 11. The van der Waals surface area contributed by atoms with Crippen LogP contribution < -0.4 is 14.8 Å². The first-order chi connectivity index (χ1) is 12.0. The third kappa shape index (κ3) is 7.25. The minimum Gasteiger partial charge on any atom is -0.493 e. The van der Waals surface area contributed by atoms with Crippen LogP contribution in [0.25, 0.3) is 0 Å². The summed E-state index contributed by atoms with van der Waals surface area (Å²) in [4.78, 5) is 25.5. The lowest BCUT2D eigenvalue weighted by atomic mass is 10.1. The van der Waals surface area contributed by atoms with E-state index in [1.165, 1.54) is 11.8 Å². The number of benzene rings is 1. The molecule has 0 unspecified atom stereocenters. The van der Waals surface area contributed by atoms with Gasteiger partial charge in [-0.3, -0.25) is 9.59 Å². The number of amides is 2. The molecule has 1 N–H and O–H groups in total. The third-order valence-corrected chi connectivity index (χ3v) is 4.68. The summed E-state index contributed by atoms with van der Waals surface area (Å²) in [6, 6.07) is 5.71. The summed E-state index contributed by atoms with van der Waals surface area (Å²) in [5.41, 5.74) is 1.06. The summed E-state index contributed by atoms with van der Waals surface area (Å²) in [5.74, 6) is 2.01. The average Bonchev–Trinajstić information content (AvgIpc) is 2.62. The largest absolute Gasteiger partial charge is 0.493 e. The van der Waals surface area contributed by atoms with Crippen molar-refractivity contribution in [3.05, 3.63) is 23.8 Å². The molecule has 0 radical (unpaired) electrons. The highest BCUT2D eigenvalue weighted by molar-refractivity contribution is 8.00. The van der Waals surface area contributed by atoms with Gasteiger partial charge in [0.05, 0.1) is 25.7 Å². The topological polar surface area (TPSA) is 67.9 Å². The molecule has 0 aliphatic carbocycles. The fourth-order valence-electron chi connectivity index (χ4n) is 2.33. The van der Waals surface area contributed by atoms with Crippen molar-refractivity contribution in [1.82, 2.24) is 10.2 Å². The molecule has 0 heterocycles. The van der Waals surface area contributed by atoms with Gasteiger partial charge in [-0.25, -0.2) is 0 Å². The van der Waals surface area contributed by atoms with Crippen LogP contribution in [-0.2, 0) is 16.0 Å². The van der Waals surface area contributed by atoms with Gasteiger partial charge in [0.1, 0.15) is 0 Å². The maximum atomic E-state index is 11.8. The van der Waals surface area contributed by atoms with E-state index in [1.807, 2.05) is 32.0 Å². The molecule has 1 aromatic carbocycles. The Bertz CT molecular complexity index is 562. The minimum atomic E-state index is -0.0576. The van der Waals surface area contributed by atoms with E-state index in [4.69, 9.17) is 9.47 Å². The monoisotopic (exact) mass is 368 g/mol. The van der Waals surface area contributed by atoms with Gasteiger partial charge in [-0.1, -0.05) is 6.07 Å². The highest BCUT2D eigenvalue weighted by Gasteiger charge is 2.11. The molecule has 2 amide bonds. The summed E-state index contributed by atoms with van der Waals surface area (Å²) in [5, 5.41) is 2.87. The summed E-state index contributed by atoms with van der Waals surface area (Å²) in [7, 11) is 3.19. The van der Waals surface area contributed by atoms with Crippen LogP contribution in [0.3, 0.4) is 0 Å². The SMILES string of the molecule is CCN(CC)C(=O)CSCC(=O)NCCc1ccc(OC)c(OC)c1. The van der Waals surface area contributed by atoms with Crippen LogP contribution in [0, 0.1) is 0 Å². The molecule has 0 spiro atoms. The fourth-order valence-corrected chi connectivity index (χ4v) is 3.08. The van der Waals surface area contributed by atoms with Crippen LogP contribution in [0.2, 0.25) is 0 Å². The van der Waals surface area contributed by atoms with E-state index in [-0.39, 0.29) is 11.8 Å². The van der Waals surface area contributed by atoms with E-state index in [1.54, 1.807) is 19.1 Å². The van der Waals surface area contributed by atoms with Crippen molar-refractivity contribution in [3.63, 3.8) is 0 Å². The molecule has 6 nitrogen and oxygen atoms in total. The van der Waals surface area contributed by atoms with Crippen molar-refractivity contribution in [1.29, 1.82) is 0 Å². The average molecular weight is 368 g/mol. The Morgan fingerprint density at radius 2 is 1.76 bits per heavy atom. The Kier molecular flexibility index (Phi) is 9.84. The van der Waals surface area contributed by atoms with Crippen molar-refractivity contribution in [2.24, 2.45) is 0 Å². The number of nitrogens with one attached hydrogen (secondary N) is 1. The minimum absolute atomic E-state index is 0.0576. The van der Waals surface area contributed by atoms with Crippen molar-refractivity contribution in [2.75, 3.05) is 45.4 Å². The normalized spacial score (nSPS) is 10.2.